The van der Waals surface area contributed by atoms with Crippen LogP contribution in [0.2, 0.25) is 18.1 Å². The molecule has 0 aliphatic rings. The molecule has 0 saturated carbocycles. The van der Waals surface area contributed by atoms with E-state index in [2.05, 4.69) is 48.4 Å². The van der Waals surface area contributed by atoms with E-state index in [1.54, 1.807) is 6.20 Å². The Morgan fingerprint density at radius 2 is 1.93 bits per heavy atom. The first kappa shape index (κ1) is 19.9. The van der Waals surface area contributed by atoms with E-state index in [4.69, 9.17) is 14.1 Å². The Balaban J connectivity index is 1.97. The third kappa shape index (κ3) is 4.05. The Labute approximate surface area is 162 Å². The van der Waals surface area contributed by atoms with Crippen LogP contribution in [-0.2, 0) is 22.3 Å². The van der Waals surface area contributed by atoms with Gasteiger partial charge in [-0.15, -0.1) is 0 Å². The van der Waals surface area contributed by atoms with Gasteiger partial charge in [-0.3, -0.25) is 9.97 Å². The van der Waals surface area contributed by atoms with Crippen LogP contribution in [0.3, 0.4) is 0 Å². The van der Waals surface area contributed by atoms with Crippen LogP contribution in [0.4, 0.5) is 0 Å². The smallest absolute Gasteiger partial charge is 0.192 e. The molecule has 0 unspecified atom stereocenters. The van der Waals surface area contributed by atoms with Gasteiger partial charge in [0.2, 0.25) is 0 Å². The van der Waals surface area contributed by atoms with Crippen LogP contribution in [0.5, 0.6) is 0 Å². The maximum atomic E-state index is 6.40. The van der Waals surface area contributed by atoms with Crippen LogP contribution in [-0.4, -0.2) is 41.1 Å². The van der Waals surface area contributed by atoms with Crippen molar-refractivity contribution in [2.45, 2.75) is 59.0 Å². The van der Waals surface area contributed by atoms with Crippen molar-refractivity contribution in [2.24, 2.45) is 0 Å². The Bertz CT molecular complexity index is 931. The second-order valence-corrected chi connectivity index (χ2v) is 13.1. The number of hydrogen-bond acceptors (Lipinski definition) is 5. The lowest BCUT2D eigenvalue weighted by atomic mass is 10.2. The fraction of sp³-hybridized carbons (Fsp3) is 0.550. The molecular weight excluding hydrogens is 356 g/mol. The third-order valence-corrected chi connectivity index (χ3v) is 9.97. The molecule has 0 N–H and O–H groups in total. The van der Waals surface area contributed by atoms with Gasteiger partial charge in [-0.1, -0.05) is 20.8 Å². The highest BCUT2D eigenvalue weighted by Gasteiger charge is 2.37. The van der Waals surface area contributed by atoms with Crippen molar-refractivity contribution in [1.82, 2.24) is 19.5 Å². The summed E-state index contributed by atoms with van der Waals surface area (Å²) in [5.41, 5.74) is 3.61. The van der Waals surface area contributed by atoms with Crippen LogP contribution >= 0.6 is 0 Å². The summed E-state index contributed by atoms with van der Waals surface area (Å²) >= 11 is 0. The van der Waals surface area contributed by atoms with Crippen molar-refractivity contribution in [1.29, 1.82) is 0 Å². The normalized spacial score (nSPS) is 13.0. The van der Waals surface area contributed by atoms with Crippen LogP contribution in [0.15, 0.2) is 24.5 Å². The maximum Gasteiger partial charge on any atom is 0.192 e. The van der Waals surface area contributed by atoms with Gasteiger partial charge in [0.25, 0.3) is 0 Å². The predicted octanol–water partition coefficient (Wildman–Crippen LogP) is 4.54. The first-order chi connectivity index (χ1) is 12.7. The van der Waals surface area contributed by atoms with Gasteiger partial charge in [-0.2, -0.15) is 0 Å². The molecule has 146 valence electrons. The zero-order chi connectivity index (χ0) is 19.7. The standard InChI is InChI=1S/C20H30N4O2Si/c1-7-25-14-17-23-16-13-22-15-9-8-10-21-18(15)19(16)24(17)11-12-26-27(5,6)20(2,3)4/h8-10,13H,7,11-12,14H2,1-6H3. The minimum Gasteiger partial charge on any atom is -0.415 e. The molecule has 3 heterocycles. The highest BCUT2D eigenvalue weighted by molar-refractivity contribution is 6.74. The van der Waals surface area contributed by atoms with Gasteiger partial charge in [0.1, 0.15) is 23.5 Å². The SMILES string of the molecule is CCOCc1nc2cnc3cccnc3c2n1CCO[Si](C)(C)C(C)(C)C. The van der Waals surface area contributed by atoms with E-state index < -0.39 is 8.32 Å². The number of imidazole rings is 1. The summed E-state index contributed by atoms with van der Waals surface area (Å²) in [7, 11) is -1.80. The van der Waals surface area contributed by atoms with E-state index >= 15 is 0 Å². The van der Waals surface area contributed by atoms with E-state index in [1.165, 1.54) is 0 Å². The van der Waals surface area contributed by atoms with Crippen molar-refractivity contribution in [3.8, 4) is 0 Å². The van der Waals surface area contributed by atoms with Crippen molar-refractivity contribution in [3.63, 3.8) is 0 Å². The van der Waals surface area contributed by atoms with Crippen molar-refractivity contribution < 1.29 is 9.16 Å². The average Bonchev–Trinajstić information content (AvgIpc) is 2.97. The van der Waals surface area contributed by atoms with Crippen LogP contribution in [0, 0.1) is 0 Å². The summed E-state index contributed by atoms with van der Waals surface area (Å²) in [6.45, 7) is 15.8. The molecule has 0 radical (unpaired) electrons. The molecule has 0 bridgehead atoms. The summed E-state index contributed by atoms with van der Waals surface area (Å²) in [6.07, 6.45) is 3.62. The number of pyridine rings is 2. The molecule has 6 nitrogen and oxygen atoms in total. The lowest BCUT2D eigenvalue weighted by molar-refractivity contribution is 0.125. The molecule has 27 heavy (non-hydrogen) atoms. The number of aromatic nitrogens is 4. The number of hydrogen-bond donors (Lipinski definition) is 0. The molecule has 3 aromatic heterocycles. The largest absolute Gasteiger partial charge is 0.415 e. The Morgan fingerprint density at radius 3 is 2.63 bits per heavy atom. The van der Waals surface area contributed by atoms with Gasteiger partial charge in [-0.05, 0) is 37.2 Å². The molecule has 3 aromatic rings. The molecule has 0 amide bonds. The van der Waals surface area contributed by atoms with Gasteiger partial charge in [-0.25, -0.2) is 4.98 Å². The lowest BCUT2D eigenvalue weighted by Gasteiger charge is -2.36. The second-order valence-electron chi connectivity index (χ2n) is 8.29. The molecule has 7 heteroatoms. The van der Waals surface area contributed by atoms with Crippen molar-refractivity contribution in [3.05, 3.63) is 30.4 Å². The summed E-state index contributed by atoms with van der Waals surface area (Å²) < 4.78 is 14.2. The van der Waals surface area contributed by atoms with E-state index in [0.29, 0.717) is 19.8 Å². The number of fused-ring (bicyclic) bond motifs is 3. The quantitative estimate of drug-likeness (QED) is 0.558. The molecule has 0 atom stereocenters. The minimum absolute atomic E-state index is 0.191. The molecular formula is C20H30N4O2Si. The van der Waals surface area contributed by atoms with Crippen molar-refractivity contribution >= 4 is 30.4 Å². The fourth-order valence-electron chi connectivity index (χ4n) is 2.83. The van der Waals surface area contributed by atoms with Crippen molar-refractivity contribution in [2.75, 3.05) is 13.2 Å². The van der Waals surface area contributed by atoms with E-state index in [1.807, 2.05) is 25.3 Å². The zero-order valence-corrected chi connectivity index (χ0v) is 18.2. The van der Waals surface area contributed by atoms with E-state index in [-0.39, 0.29) is 5.04 Å². The van der Waals surface area contributed by atoms with E-state index in [0.717, 1.165) is 34.4 Å². The highest BCUT2D eigenvalue weighted by Crippen LogP contribution is 2.36. The average molecular weight is 387 g/mol. The molecule has 3 rings (SSSR count). The zero-order valence-electron chi connectivity index (χ0n) is 17.2. The van der Waals surface area contributed by atoms with Crippen LogP contribution in [0.1, 0.15) is 33.5 Å². The molecule has 0 saturated heterocycles. The topological polar surface area (TPSA) is 62.1 Å². The summed E-state index contributed by atoms with van der Waals surface area (Å²) in [4.78, 5) is 13.8. The number of ether oxygens (including phenoxy) is 1. The molecule has 0 aliphatic carbocycles. The van der Waals surface area contributed by atoms with Gasteiger partial charge in [0.05, 0.1) is 23.8 Å². The van der Waals surface area contributed by atoms with E-state index in [9.17, 15) is 0 Å². The lowest BCUT2D eigenvalue weighted by Crippen LogP contribution is -2.41. The second kappa shape index (κ2) is 7.65. The Kier molecular flexibility index (Phi) is 5.65. The number of nitrogens with zero attached hydrogens (tertiary/aromatic N) is 4. The summed E-state index contributed by atoms with van der Waals surface area (Å²) in [5, 5.41) is 0.191. The first-order valence-electron chi connectivity index (χ1n) is 9.55. The molecule has 0 aliphatic heterocycles. The minimum atomic E-state index is -1.80. The molecule has 0 fully saturated rings. The van der Waals surface area contributed by atoms with Gasteiger partial charge in [0, 0.05) is 19.3 Å². The maximum absolute atomic E-state index is 6.40. The molecule has 0 spiro atoms. The van der Waals surface area contributed by atoms with Crippen LogP contribution < -0.4 is 0 Å². The monoisotopic (exact) mass is 386 g/mol. The Morgan fingerprint density at radius 1 is 1.15 bits per heavy atom. The van der Waals surface area contributed by atoms with Gasteiger partial charge < -0.3 is 13.7 Å². The summed E-state index contributed by atoms with van der Waals surface area (Å²) in [5.74, 6) is 0.894. The number of rotatable bonds is 7. The summed E-state index contributed by atoms with van der Waals surface area (Å²) in [6, 6.07) is 3.89. The Hall–Kier alpha value is -1.83. The van der Waals surface area contributed by atoms with Crippen LogP contribution in [0.25, 0.3) is 22.1 Å². The fourth-order valence-corrected chi connectivity index (χ4v) is 3.86. The third-order valence-electron chi connectivity index (χ3n) is 5.43. The van der Waals surface area contributed by atoms with Gasteiger partial charge in [0.15, 0.2) is 8.32 Å². The van der Waals surface area contributed by atoms with Gasteiger partial charge >= 0.3 is 0 Å². The predicted molar refractivity (Wildman–Crippen MR) is 111 cm³/mol. The molecule has 0 aromatic carbocycles. The highest BCUT2D eigenvalue weighted by atomic mass is 28.4. The first-order valence-corrected chi connectivity index (χ1v) is 12.5.